The molecule has 0 heterocycles. The van der Waals surface area contributed by atoms with Crippen LogP contribution in [0.3, 0.4) is 0 Å². The van der Waals surface area contributed by atoms with E-state index in [1.165, 1.54) is 11.1 Å². The van der Waals surface area contributed by atoms with Gasteiger partial charge in [0.05, 0.1) is 0 Å². The number of aliphatic carboxylic acids is 1. The molecule has 110 valence electrons. The molecule has 0 aromatic heterocycles. The summed E-state index contributed by atoms with van der Waals surface area (Å²) in [6.07, 6.45) is 1.27. The maximum Gasteiger partial charge on any atom is 0.315 e. The Kier molecular flexibility index (Phi) is 6.56. The second-order valence-electron chi connectivity index (χ2n) is 4.91. The Balaban J connectivity index is 2.23. The highest BCUT2D eigenvalue weighted by atomic mass is 16.4. The van der Waals surface area contributed by atoms with Crippen molar-refractivity contribution < 1.29 is 14.7 Å². The lowest BCUT2D eigenvalue weighted by atomic mass is 10.1. The minimum absolute atomic E-state index is 0.0602. The average molecular weight is 278 g/mol. The first-order valence-corrected chi connectivity index (χ1v) is 6.79. The molecule has 0 saturated carbocycles. The van der Waals surface area contributed by atoms with E-state index in [4.69, 9.17) is 5.11 Å². The van der Waals surface area contributed by atoms with Gasteiger partial charge in [-0.2, -0.15) is 0 Å². The summed E-state index contributed by atoms with van der Waals surface area (Å²) in [7, 11) is 0. The molecule has 0 bridgehead atoms. The Morgan fingerprint density at radius 3 is 2.65 bits per heavy atom. The number of hydrogen-bond donors (Lipinski definition) is 3. The molecule has 0 spiro atoms. The third-order valence-electron chi connectivity index (χ3n) is 3.11. The van der Waals surface area contributed by atoms with Crippen molar-refractivity contribution in [3.8, 4) is 0 Å². The van der Waals surface area contributed by atoms with Crippen LogP contribution < -0.4 is 10.6 Å². The van der Waals surface area contributed by atoms with Gasteiger partial charge in [-0.25, -0.2) is 4.79 Å². The van der Waals surface area contributed by atoms with E-state index in [1.807, 2.05) is 31.2 Å². The van der Waals surface area contributed by atoms with Gasteiger partial charge in [-0.15, -0.1) is 0 Å². The normalized spacial score (nSPS) is 11.7. The fourth-order valence-corrected chi connectivity index (χ4v) is 1.89. The third-order valence-corrected chi connectivity index (χ3v) is 3.11. The zero-order valence-electron chi connectivity index (χ0n) is 12.0. The highest BCUT2D eigenvalue weighted by Gasteiger charge is 2.08. The molecule has 0 radical (unpaired) electrons. The van der Waals surface area contributed by atoms with Gasteiger partial charge in [-0.1, -0.05) is 24.3 Å². The second kappa shape index (κ2) is 8.19. The van der Waals surface area contributed by atoms with Gasteiger partial charge in [0.25, 0.3) is 0 Å². The number of urea groups is 1. The van der Waals surface area contributed by atoms with E-state index in [9.17, 15) is 9.59 Å². The Morgan fingerprint density at radius 2 is 2.00 bits per heavy atom. The average Bonchev–Trinajstić information content (AvgIpc) is 2.38. The second-order valence-corrected chi connectivity index (χ2v) is 4.91. The Morgan fingerprint density at radius 1 is 1.30 bits per heavy atom. The Bertz CT molecular complexity index is 460. The van der Waals surface area contributed by atoms with Crippen molar-refractivity contribution in [1.29, 1.82) is 0 Å². The maximum absolute atomic E-state index is 11.6. The molecule has 1 rings (SSSR count). The molecule has 0 aliphatic heterocycles. The summed E-state index contributed by atoms with van der Waals surface area (Å²) in [6, 6.07) is 7.66. The molecule has 1 aromatic rings. The summed E-state index contributed by atoms with van der Waals surface area (Å²) in [5.74, 6) is -0.849. The van der Waals surface area contributed by atoms with E-state index >= 15 is 0 Å². The Labute approximate surface area is 119 Å². The van der Waals surface area contributed by atoms with Crippen molar-refractivity contribution in [1.82, 2.24) is 10.6 Å². The van der Waals surface area contributed by atoms with E-state index in [0.29, 0.717) is 13.0 Å². The van der Waals surface area contributed by atoms with Crippen LogP contribution >= 0.6 is 0 Å². The number of carboxylic acid groups (broad SMARTS) is 1. The minimum atomic E-state index is -0.849. The molecule has 3 N–H and O–H groups in total. The molecule has 0 saturated heterocycles. The topological polar surface area (TPSA) is 78.4 Å². The van der Waals surface area contributed by atoms with E-state index in [2.05, 4.69) is 10.6 Å². The van der Waals surface area contributed by atoms with Crippen molar-refractivity contribution in [2.75, 3.05) is 6.54 Å². The quantitative estimate of drug-likeness (QED) is 0.714. The van der Waals surface area contributed by atoms with Crippen LogP contribution in [-0.2, 0) is 11.2 Å². The summed E-state index contributed by atoms with van der Waals surface area (Å²) >= 11 is 0. The lowest BCUT2D eigenvalue weighted by Crippen LogP contribution is -2.41. The molecule has 1 unspecified atom stereocenters. The first-order chi connectivity index (χ1) is 9.49. The number of carbonyl (C=O) groups excluding carboxylic acids is 1. The number of carboxylic acids is 1. The summed E-state index contributed by atoms with van der Waals surface area (Å²) in [4.78, 5) is 22.0. The third kappa shape index (κ3) is 6.22. The number of nitrogens with one attached hydrogen (secondary N) is 2. The summed E-state index contributed by atoms with van der Waals surface area (Å²) in [5, 5.41) is 14.1. The van der Waals surface area contributed by atoms with Gasteiger partial charge in [-0.05, 0) is 37.8 Å². The van der Waals surface area contributed by atoms with Crippen LogP contribution in [0, 0.1) is 6.92 Å². The predicted octanol–water partition coefficient (Wildman–Crippen LogP) is 2.09. The van der Waals surface area contributed by atoms with Gasteiger partial charge < -0.3 is 15.7 Å². The monoisotopic (exact) mass is 278 g/mol. The van der Waals surface area contributed by atoms with Gasteiger partial charge in [0, 0.05) is 19.0 Å². The number of rotatable bonds is 7. The lowest BCUT2D eigenvalue weighted by molar-refractivity contribution is -0.137. The highest BCUT2D eigenvalue weighted by Crippen LogP contribution is 2.06. The fraction of sp³-hybridized carbons (Fsp3) is 0.467. The highest BCUT2D eigenvalue weighted by molar-refractivity contribution is 5.74. The number of hydrogen-bond acceptors (Lipinski definition) is 2. The summed E-state index contributed by atoms with van der Waals surface area (Å²) in [6.45, 7) is 4.40. The first-order valence-electron chi connectivity index (χ1n) is 6.79. The van der Waals surface area contributed by atoms with E-state index in [0.717, 1.165) is 6.42 Å². The van der Waals surface area contributed by atoms with Gasteiger partial charge in [-0.3, -0.25) is 4.79 Å². The number of carbonyl (C=O) groups is 2. The van der Waals surface area contributed by atoms with E-state index in [-0.39, 0.29) is 18.5 Å². The van der Waals surface area contributed by atoms with Crippen molar-refractivity contribution in [2.45, 2.75) is 39.2 Å². The van der Waals surface area contributed by atoms with Gasteiger partial charge in [0.1, 0.15) is 0 Å². The standard InChI is InChI=1S/C15H22N2O3/c1-11-5-3-4-6-13(11)9-10-16-15(20)17-12(2)7-8-14(18)19/h3-6,12H,7-10H2,1-2H3,(H,18,19)(H2,16,17,20). The summed E-state index contributed by atoms with van der Waals surface area (Å²) in [5.41, 5.74) is 2.43. The molecule has 1 aromatic carbocycles. The van der Waals surface area contributed by atoms with Crippen LogP contribution in [0.1, 0.15) is 30.9 Å². The van der Waals surface area contributed by atoms with Crippen molar-refractivity contribution >= 4 is 12.0 Å². The van der Waals surface area contributed by atoms with Crippen molar-refractivity contribution in [2.24, 2.45) is 0 Å². The van der Waals surface area contributed by atoms with Crippen molar-refractivity contribution in [3.63, 3.8) is 0 Å². The molecule has 0 fully saturated rings. The number of amides is 2. The number of benzene rings is 1. The van der Waals surface area contributed by atoms with Crippen LogP contribution in [-0.4, -0.2) is 29.7 Å². The first kappa shape index (κ1) is 16.0. The minimum Gasteiger partial charge on any atom is -0.481 e. The molecular formula is C15H22N2O3. The van der Waals surface area contributed by atoms with Crippen LogP contribution in [0.5, 0.6) is 0 Å². The molecule has 20 heavy (non-hydrogen) atoms. The predicted molar refractivity (Wildman–Crippen MR) is 77.7 cm³/mol. The van der Waals surface area contributed by atoms with Crippen molar-refractivity contribution in [3.05, 3.63) is 35.4 Å². The zero-order valence-corrected chi connectivity index (χ0v) is 12.0. The smallest absolute Gasteiger partial charge is 0.315 e. The zero-order chi connectivity index (χ0) is 15.0. The summed E-state index contributed by atoms with van der Waals surface area (Å²) < 4.78 is 0. The lowest BCUT2D eigenvalue weighted by Gasteiger charge is -2.14. The van der Waals surface area contributed by atoms with Crippen LogP contribution in [0.2, 0.25) is 0 Å². The van der Waals surface area contributed by atoms with Gasteiger partial charge in [0.2, 0.25) is 0 Å². The molecule has 1 atom stereocenters. The SMILES string of the molecule is Cc1ccccc1CCNC(=O)NC(C)CCC(=O)O. The van der Waals surface area contributed by atoms with Crippen LogP contribution in [0.15, 0.2) is 24.3 Å². The van der Waals surface area contributed by atoms with Gasteiger partial charge >= 0.3 is 12.0 Å². The fourth-order valence-electron chi connectivity index (χ4n) is 1.89. The van der Waals surface area contributed by atoms with E-state index in [1.54, 1.807) is 6.92 Å². The maximum atomic E-state index is 11.6. The Hall–Kier alpha value is -2.04. The largest absolute Gasteiger partial charge is 0.481 e. The molecule has 2 amide bonds. The molecule has 0 aliphatic carbocycles. The van der Waals surface area contributed by atoms with Crippen LogP contribution in [0.25, 0.3) is 0 Å². The number of aryl methyl sites for hydroxylation is 1. The van der Waals surface area contributed by atoms with Crippen LogP contribution in [0.4, 0.5) is 4.79 Å². The van der Waals surface area contributed by atoms with E-state index < -0.39 is 5.97 Å². The molecule has 5 heteroatoms. The molecule has 0 aliphatic rings. The molecular weight excluding hydrogens is 256 g/mol. The van der Waals surface area contributed by atoms with Gasteiger partial charge in [0.15, 0.2) is 0 Å². The molecule has 5 nitrogen and oxygen atoms in total.